The first kappa shape index (κ1) is 26.1. The number of aromatic nitrogens is 4. The molecule has 35 heavy (non-hydrogen) atoms. The molecule has 0 aliphatic carbocycles. The van der Waals surface area contributed by atoms with Gasteiger partial charge in [-0.05, 0) is 38.5 Å². The summed E-state index contributed by atoms with van der Waals surface area (Å²) in [5.74, 6) is -1.01. The summed E-state index contributed by atoms with van der Waals surface area (Å²) in [6.07, 6.45) is 3.37. The number of rotatable bonds is 11. The molecule has 0 aromatic carbocycles. The molecule has 1 amide bonds. The van der Waals surface area contributed by atoms with Crippen molar-refractivity contribution in [1.29, 1.82) is 0 Å². The topological polar surface area (TPSA) is 125 Å². The van der Waals surface area contributed by atoms with Crippen molar-refractivity contribution in [3.05, 3.63) is 53.1 Å². The normalized spacial score (nSPS) is 10.6. The van der Waals surface area contributed by atoms with Crippen LogP contribution in [0.3, 0.4) is 0 Å². The molecular formula is C23H25N5O5S2. The molecule has 3 aromatic heterocycles. The highest BCUT2D eigenvalue weighted by molar-refractivity contribution is 7.99. The van der Waals surface area contributed by atoms with Crippen molar-refractivity contribution in [2.75, 3.05) is 24.3 Å². The van der Waals surface area contributed by atoms with E-state index in [0.29, 0.717) is 28.8 Å². The highest BCUT2D eigenvalue weighted by Crippen LogP contribution is 2.34. The average Bonchev–Trinajstić information content (AvgIpc) is 3.39. The number of thiophene rings is 1. The average molecular weight is 516 g/mol. The summed E-state index contributed by atoms with van der Waals surface area (Å²) < 4.78 is 12.0. The molecule has 3 rings (SSSR count). The number of allylic oxidation sites excluding steroid dienone is 1. The largest absolute Gasteiger partial charge is 0.462 e. The number of amides is 1. The van der Waals surface area contributed by atoms with Crippen LogP contribution < -0.4 is 5.32 Å². The number of thioether (sulfide) groups is 1. The fourth-order valence-corrected chi connectivity index (χ4v) is 4.96. The van der Waals surface area contributed by atoms with E-state index in [2.05, 4.69) is 27.1 Å². The van der Waals surface area contributed by atoms with Gasteiger partial charge in [0.1, 0.15) is 15.6 Å². The molecule has 0 aliphatic rings. The van der Waals surface area contributed by atoms with Crippen LogP contribution in [0.15, 0.2) is 42.2 Å². The van der Waals surface area contributed by atoms with Gasteiger partial charge in [0.25, 0.3) is 0 Å². The van der Waals surface area contributed by atoms with Gasteiger partial charge in [-0.15, -0.1) is 28.1 Å². The Morgan fingerprint density at radius 3 is 2.57 bits per heavy atom. The number of pyridine rings is 1. The van der Waals surface area contributed by atoms with Gasteiger partial charge in [-0.25, -0.2) is 9.59 Å². The van der Waals surface area contributed by atoms with Crippen molar-refractivity contribution >= 4 is 45.9 Å². The second-order valence-electron chi connectivity index (χ2n) is 6.96. The van der Waals surface area contributed by atoms with Gasteiger partial charge in [0.15, 0.2) is 11.0 Å². The van der Waals surface area contributed by atoms with E-state index < -0.39 is 11.9 Å². The van der Waals surface area contributed by atoms with E-state index in [1.807, 2.05) is 22.8 Å². The molecule has 3 aromatic rings. The zero-order valence-electron chi connectivity index (χ0n) is 19.6. The van der Waals surface area contributed by atoms with E-state index in [0.717, 1.165) is 11.3 Å². The Bertz CT molecular complexity index is 1220. The lowest BCUT2D eigenvalue weighted by molar-refractivity contribution is -0.113. The lowest BCUT2D eigenvalue weighted by atomic mass is 10.1. The minimum atomic E-state index is -0.620. The number of anilines is 1. The van der Waals surface area contributed by atoms with Crippen molar-refractivity contribution in [3.63, 3.8) is 0 Å². The monoisotopic (exact) mass is 515 g/mol. The van der Waals surface area contributed by atoms with Crippen LogP contribution in [0.2, 0.25) is 0 Å². The minimum Gasteiger partial charge on any atom is -0.462 e. The van der Waals surface area contributed by atoms with Gasteiger partial charge >= 0.3 is 11.9 Å². The fourth-order valence-electron chi connectivity index (χ4n) is 3.11. The maximum atomic E-state index is 12.8. The van der Waals surface area contributed by atoms with Crippen molar-refractivity contribution in [1.82, 2.24) is 19.7 Å². The first-order valence-electron chi connectivity index (χ1n) is 10.8. The number of carbonyl (C=O) groups excluding carboxylic acids is 3. The molecule has 0 unspecified atom stereocenters. The van der Waals surface area contributed by atoms with E-state index in [-0.39, 0.29) is 40.3 Å². The maximum Gasteiger partial charge on any atom is 0.348 e. The standard InChI is InChI=1S/C23H25N5O5S2/c1-5-12-28-19(15-10-8-9-11-24-15)26-27-23(28)34-13-16(29)25-20-17(21(30)32-6-2)14(4)18(35-20)22(31)33-7-3/h5,8-11H,1,6-7,12-13H2,2-4H3,(H,25,29). The third-order valence-electron chi connectivity index (χ3n) is 4.59. The molecule has 0 radical (unpaired) electrons. The molecule has 12 heteroatoms. The van der Waals surface area contributed by atoms with Crippen LogP contribution in [0.4, 0.5) is 5.00 Å². The zero-order chi connectivity index (χ0) is 25.4. The smallest absolute Gasteiger partial charge is 0.348 e. The summed E-state index contributed by atoms with van der Waals surface area (Å²) in [5, 5.41) is 11.9. The Labute approximate surface area is 210 Å². The Balaban J connectivity index is 1.79. The van der Waals surface area contributed by atoms with E-state index in [4.69, 9.17) is 9.47 Å². The van der Waals surface area contributed by atoms with Gasteiger partial charge in [-0.1, -0.05) is 23.9 Å². The van der Waals surface area contributed by atoms with Crippen molar-refractivity contribution in [2.24, 2.45) is 0 Å². The summed E-state index contributed by atoms with van der Waals surface area (Å²) in [5.41, 5.74) is 1.20. The van der Waals surface area contributed by atoms with Crippen molar-refractivity contribution < 1.29 is 23.9 Å². The Morgan fingerprint density at radius 2 is 1.91 bits per heavy atom. The van der Waals surface area contributed by atoms with Crippen molar-refractivity contribution in [3.8, 4) is 11.5 Å². The molecule has 3 heterocycles. The second-order valence-corrected chi connectivity index (χ2v) is 8.92. The number of esters is 2. The second kappa shape index (κ2) is 12.3. The fraction of sp³-hybridized carbons (Fsp3) is 0.304. The van der Waals surface area contributed by atoms with Crippen LogP contribution in [0.5, 0.6) is 0 Å². The summed E-state index contributed by atoms with van der Waals surface area (Å²) >= 11 is 2.16. The van der Waals surface area contributed by atoms with Crippen LogP contribution >= 0.6 is 23.1 Å². The molecule has 0 saturated carbocycles. The molecule has 1 N–H and O–H groups in total. The molecule has 0 spiro atoms. The lowest BCUT2D eigenvalue weighted by Gasteiger charge is -2.08. The van der Waals surface area contributed by atoms with Crippen LogP contribution in [0.25, 0.3) is 11.5 Å². The van der Waals surface area contributed by atoms with E-state index in [1.165, 1.54) is 11.8 Å². The summed E-state index contributed by atoms with van der Waals surface area (Å²) in [6, 6.07) is 5.48. The Hall–Kier alpha value is -3.51. The third kappa shape index (κ3) is 6.14. The van der Waals surface area contributed by atoms with Crippen LogP contribution in [-0.2, 0) is 20.8 Å². The summed E-state index contributed by atoms with van der Waals surface area (Å²) in [6.45, 7) is 9.55. The number of carbonyl (C=O) groups is 3. The predicted molar refractivity (Wildman–Crippen MR) is 134 cm³/mol. The summed E-state index contributed by atoms with van der Waals surface area (Å²) in [7, 11) is 0. The number of nitrogens with one attached hydrogen (secondary N) is 1. The maximum absolute atomic E-state index is 12.8. The van der Waals surface area contributed by atoms with Crippen LogP contribution in [0.1, 0.15) is 39.4 Å². The molecule has 184 valence electrons. The molecule has 0 fully saturated rings. The van der Waals surface area contributed by atoms with E-state index in [9.17, 15) is 14.4 Å². The zero-order valence-corrected chi connectivity index (χ0v) is 21.2. The number of hydrogen-bond donors (Lipinski definition) is 1. The van der Waals surface area contributed by atoms with Crippen LogP contribution in [0, 0.1) is 6.92 Å². The van der Waals surface area contributed by atoms with Crippen molar-refractivity contribution in [2.45, 2.75) is 32.5 Å². The molecule has 0 aliphatic heterocycles. The van der Waals surface area contributed by atoms with Gasteiger partial charge in [-0.3, -0.25) is 14.3 Å². The van der Waals surface area contributed by atoms with E-state index in [1.54, 1.807) is 33.0 Å². The minimum absolute atomic E-state index is 0.00848. The quantitative estimate of drug-likeness (QED) is 0.229. The first-order valence-corrected chi connectivity index (χ1v) is 12.6. The third-order valence-corrected chi connectivity index (χ3v) is 6.75. The van der Waals surface area contributed by atoms with Gasteiger partial charge in [0.05, 0.1) is 24.5 Å². The molecular weight excluding hydrogens is 490 g/mol. The number of ether oxygens (including phenoxy) is 2. The Kier molecular flexibility index (Phi) is 9.15. The Morgan fingerprint density at radius 1 is 1.17 bits per heavy atom. The molecule has 10 nitrogen and oxygen atoms in total. The highest BCUT2D eigenvalue weighted by Gasteiger charge is 2.27. The lowest BCUT2D eigenvalue weighted by Crippen LogP contribution is -2.17. The van der Waals surface area contributed by atoms with Gasteiger partial charge in [0, 0.05) is 12.7 Å². The molecule has 0 saturated heterocycles. The highest BCUT2D eigenvalue weighted by atomic mass is 32.2. The van der Waals surface area contributed by atoms with Crippen LogP contribution in [-0.4, -0.2) is 56.6 Å². The summed E-state index contributed by atoms with van der Waals surface area (Å²) in [4.78, 5) is 42.2. The number of hydrogen-bond acceptors (Lipinski definition) is 10. The predicted octanol–water partition coefficient (Wildman–Crippen LogP) is 3.98. The van der Waals surface area contributed by atoms with E-state index >= 15 is 0 Å². The first-order chi connectivity index (χ1) is 16.9. The van der Waals surface area contributed by atoms with Gasteiger partial charge < -0.3 is 14.8 Å². The van der Waals surface area contributed by atoms with Gasteiger partial charge in [0.2, 0.25) is 5.91 Å². The SMILES string of the molecule is C=CCn1c(SCC(=O)Nc2sc(C(=O)OCC)c(C)c2C(=O)OCC)nnc1-c1ccccn1. The molecule has 0 atom stereocenters. The number of nitrogens with zero attached hydrogens (tertiary/aromatic N) is 4. The van der Waals surface area contributed by atoms with Gasteiger partial charge in [-0.2, -0.15) is 0 Å². The molecule has 0 bridgehead atoms.